The van der Waals surface area contributed by atoms with Crippen molar-refractivity contribution in [2.75, 3.05) is 51.2 Å². The van der Waals surface area contributed by atoms with Gasteiger partial charge in [0.1, 0.15) is 5.69 Å². The van der Waals surface area contributed by atoms with E-state index in [1.807, 2.05) is 11.9 Å². The molecule has 1 aromatic rings. The molecule has 9 heteroatoms. The third kappa shape index (κ3) is 3.99. The van der Waals surface area contributed by atoms with E-state index < -0.39 is 14.9 Å². The van der Waals surface area contributed by atoms with Gasteiger partial charge in [-0.3, -0.25) is 10.1 Å². The van der Waals surface area contributed by atoms with Gasteiger partial charge in [0.25, 0.3) is 5.69 Å². The highest BCUT2D eigenvalue weighted by molar-refractivity contribution is 7.89. The van der Waals surface area contributed by atoms with Gasteiger partial charge in [0, 0.05) is 19.2 Å². The number of nitro groups is 1. The molecule has 0 bridgehead atoms. The Balaban J connectivity index is 1.91. The van der Waals surface area contributed by atoms with Crippen molar-refractivity contribution >= 4 is 21.4 Å². The van der Waals surface area contributed by atoms with Crippen LogP contribution in [-0.2, 0) is 10.0 Å². The lowest BCUT2D eigenvalue weighted by Gasteiger charge is -2.29. The number of rotatable bonds is 4. The van der Waals surface area contributed by atoms with Crippen molar-refractivity contribution in [1.29, 1.82) is 0 Å². The molecule has 2 aliphatic rings. The molecule has 1 N–H and O–H groups in total. The molecular formula is C17H27N4O4S+. The second-order valence-corrected chi connectivity index (χ2v) is 9.11. The molecule has 0 spiro atoms. The van der Waals surface area contributed by atoms with E-state index in [2.05, 4.69) is 0 Å². The first kappa shape index (κ1) is 19.1. The van der Waals surface area contributed by atoms with Gasteiger partial charge in [-0.1, -0.05) is 12.8 Å². The number of hydrogen-bond donors (Lipinski definition) is 1. The lowest BCUT2D eigenvalue weighted by molar-refractivity contribution is -0.883. The van der Waals surface area contributed by atoms with Gasteiger partial charge in [0.05, 0.1) is 43.0 Å². The van der Waals surface area contributed by atoms with Gasteiger partial charge < -0.3 is 9.80 Å². The van der Waals surface area contributed by atoms with E-state index >= 15 is 0 Å². The van der Waals surface area contributed by atoms with Crippen molar-refractivity contribution in [2.45, 2.75) is 30.6 Å². The lowest BCUT2D eigenvalue weighted by Crippen LogP contribution is -3.12. The summed E-state index contributed by atoms with van der Waals surface area (Å²) >= 11 is 0. The number of anilines is 1. The van der Waals surface area contributed by atoms with E-state index in [0.717, 1.165) is 51.9 Å². The molecule has 1 aromatic carbocycles. The van der Waals surface area contributed by atoms with E-state index in [0.29, 0.717) is 18.8 Å². The molecule has 144 valence electrons. The molecule has 26 heavy (non-hydrogen) atoms. The SMILES string of the molecule is C[NH+]1CCN(S(=O)(=O)c2ccc(N3CCCCCC3)c([N+](=O)[O-])c2)CC1. The predicted molar refractivity (Wildman–Crippen MR) is 99.2 cm³/mol. The molecule has 8 nitrogen and oxygen atoms in total. The fraction of sp³-hybridized carbons (Fsp3) is 0.647. The summed E-state index contributed by atoms with van der Waals surface area (Å²) in [6, 6.07) is 4.37. The largest absolute Gasteiger partial charge is 0.366 e. The van der Waals surface area contributed by atoms with Crippen LogP contribution in [0.2, 0.25) is 0 Å². The van der Waals surface area contributed by atoms with Crippen LogP contribution in [0.5, 0.6) is 0 Å². The van der Waals surface area contributed by atoms with Crippen LogP contribution in [0.25, 0.3) is 0 Å². The van der Waals surface area contributed by atoms with Gasteiger partial charge in [0.2, 0.25) is 10.0 Å². The highest BCUT2D eigenvalue weighted by atomic mass is 32.2. The number of nitrogens with zero attached hydrogens (tertiary/aromatic N) is 3. The average Bonchev–Trinajstić information content (AvgIpc) is 2.91. The number of benzene rings is 1. The zero-order valence-electron chi connectivity index (χ0n) is 15.2. The highest BCUT2D eigenvalue weighted by Gasteiger charge is 2.31. The standard InChI is InChI=1S/C17H26N4O4S/c1-18-10-12-20(13-11-18)26(24,25)15-6-7-16(17(14-15)21(22)23)19-8-4-2-3-5-9-19/h6-7,14H,2-5,8-13H2,1H3/p+1. The van der Waals surface area contributed by atoms with Gasteiger partial charge in [-0.15, -0.1) is 0 Å². The fourth-order valence-electron chi connectivity index (χ4n) is 3.65. The zero-order valence-corrected chi connectivity index (χ0v) is 16.0. The van der Waals surface area contributed by atoms with Crippen molar-refractivity contribution in [1.82, 2.24) is 4.31 Å². The van der Waals surface area contributed by atoms with Crippen molar-refractivity contribution < 1.29 is 18.2 Å². The smallest absolute Gasteiger partial charge is 0.293 e. The predicted octanol–water partition coefficient (Wildman–Crippen LogP) is 0.494. The van der Waals surface area contributed by atoms with E-state index in [1.54, 1.807) is 6.07 Å². The van der Waals surface area contributed by atoms with Crippen LogP contribution >= 0.6 is 0 Å². The van der Waals surface area contributed by atoms with E-state index in [1.165, 1.54) is 21.3 Å². The molecule has 0 atom stereocenters. The average molecular weight is 383 g/mol. The summed E-state index contributed by atoms with van der Waals surface area (Å²) in [4.78, 5) is 14.5. The Hall–Kier alpha value is -1.71. The van der Waals surface area contributed by atoms with Crippen LogP contribution < -0.4 is 9.80 Å². The fourth-order valence-corrected chi connectivity index (χ4v) is 5.11. The first-order valence-corrected chi connectivity index (χ1v) is 10.7. The van der Waals surface area contributed by atoms with Crippen LogP contribution in [0.15, 0.2) is 23.1 Å². The van der Waals surface area contributed by atoms with Gasteiger partial charge in [-0.2, -0.15) is 4.31 Å². The van der Waals surface area contributed by atoms with Crippen LogP contribution in [0.3, 0.4) is 0 Å². The Morgan fingerprint density at radius 3 is 2.23 bits per heavy atom. The van der Waals surface area contributed by atoms with Crippen molar-refractivity contribution in [3.63, 3.8) is 0 Å². The summed E-state index contributed by atoms with van der Waals surface area (Å²) < 4.78 is 27.2. The van der Waals surface area contributed by atoms with Gasteiger partial charge in [-0.25, -0.2) is 8.42 Å². The molecule has 2 heterocycles. The molecule has 2 fully saturated rings. The van der Waals surface area contributed by atoms with Crippen molar-refractivity contribution in [2.24, 2.45) is 0 Å². The number of piperazine rings is 1. The maximum atomic E-state index is 12.9. The van der Waals surface area contributed by atoms with Crippen molar-refractivity contribution in [3.05, 3.63) is 28.3 Å². The molecule has 2 aliphatic heterocycles. The molecular weight excluding hydrogens is 356 g/mol. The minimum atomic E-state index is -3.70. The molecule has 0 aliphatic carbocycles. The van der Waals surface area contributed by atoms with E-state index in [4.69, 9.17) is 0 Å². The molecule has 0 amide bonds. The number of likely N-dealkylation sites (N-methyl/N-ethyl adjacent to an activating group) is 1. The molecule has 0 unspecified atom stereocenters. The number of sulfonamides is 1. The van der Waals surface area contributed by atoms with Crippen molar-refractivity contribution in [3.8, 4) is 0 Å². The molecule has 0 saturated carbocycles. The minimum Gasteiger partial charge on any atom is -0.366 e. The monoisotopic (exact) mass is 383 g/mol. The number of nitrogens with one attached hydrogen (secondary N) is 1. The third-order valence-corrected chi connectivity index (χ3v) is 7.20. The summed E-state index contributed by atoms with van der Waals surface area (Å²) in [7, 11) is -1.67. The second-order valence-electron chi connectivity index (χ2n) is 7.17. The Morgan fingerprint density at radius 1 is 1.04 bits per heavy atom. The lowest BCUT2D eigenvalue weighted by atomic mass is 10.2. The normalized spacial score (nSPS) is 20.7. The van der Waals surface area contributed by atoms with E-state index in [-0.39, 0.29) is 10.6 Å². The summed E-state index contributed by atoms with van der Waals surface area (Å²) in [5.41, 5.74) is 0.409. The Bertz CT molecular complexity index is 752. The maximum Gasteiger partial charge on any atom is 0.293 e. The minimum absolute atomic E-state index is 0.0160. The van der Waals surface area contributed by atoms with Crippen LogP contribution in [0.4, 0.5) is 11.4 Å². The first-order valence-electron chi connectivity index (χ1n) is 9.24. The highest BCUT2D eigenvalue weighted by Crippen LogP contribution is 2.33. The topological polar surface area (TPSA) is 88.2 Å². The molecule has 0 aromatic heterocycles. The van der Waals surface area contributed by atoms with E-state index in [9.17, 15) is 18.5 Å². The summed E-state index contributed by atoms with van der Waals surface area (Å²) in [5.74, 6) is 0. The second kappa shape index (κ2) is 7.89. The summed E-state index contributed by atoms with van der Waals surface area (Å²) in [6.07, 6.45) is 4.26. The zero-order chi connectivity index (χ0) is 18.7. The summed E-state index contributed by atoms with van der Waals surface area (Å²) in [5, 5.41) is 11.6. The Kier molecular flexibility index (Phi) is 5.79. The van der Waals surface area contributed by atoms with Crippen LogP contribution in [0, 0.1) is 10.1 Å². The van der Waals surface area contributed by atoms with Crippen LogP contribution in [-0.4, -0.2) is 64.0 Å². The molecule has 2 saturated heterocycles. The molecule has 0 radical (unpaired) electrons. The van der Waals surface area contributed by atoms with Gasteiger partial charge in [-0.05, 0) is 25.0 Å². The maximum absolute atomic E-state index is 12.9. The Labute approximate surface area is 154 Å². The quantitative estimate of drug-likeness (QED) is 0.604. The number of nitro benzene ring substituents is 1. The number of hydrogen-bond acceptors (Lipinski definition) is 5. The Morgan fingerprint density at radius 2 is 1.65 bits per heavy atom. The first-order chi connectivity index (χ1) is 12.4. The van der Waals surface area contributed by atoms with Gasteiger partial charge >= 0.3 is 0 Å². The van der Waals surface area contributed by atoms with Crippen LogP contribution in [0.1, 0.15) is 25.7 Å². The molecule has 3 rings (SSSR count). The summed E-state index contributed by atoms with van der Waals surface area (Å²) in [6.45, 7) is 3.91. The third-order valence-electron chi connectivity index (χ3n) is 5.30. The number of quaternary nitrogens is 1. The van der Waals surface area contributed by atoms with Gasteiger partial charge in [0.15, 0.2) is 0 Å².